The minimum absolute atomic E-state index is 0. The van der Waals surface area contributed by atoms with E-state index in [2.05, 4.69) is 17.0 Å². The van der Waals surface area contributed by atoms with Crippen LogP contribution in [0.2, 0.25) is 0 Å². The van der Waals surface area contributed by atoms with Crippen LogP contribution in [-0.2, 0) is 6.54 Å². The summed E-state index contributed by atoms with van der Waals surface area (Å²) in [7, 11) is 0. The number of benzene rings is 2. The molecule has 0 aliphatic carbocycles. The van der Waals surface area contributed by atoms with Gasteiger partial charge in [-0.05, 0) is 23.3 Å². The van der Waals surface area contributed by atoms with Crippen LogP contribution in [0.15, 0.2) is 54.6 Å². The van der Waals surface area contributed by atoms with Crippen molar-refractivity contribution in [1.82, 2.24) is 4.90 Å². The van der Waals surface area contributed by atoms with Crippen molar-refractivity contribution in [1.29, 1.82) is 0 Å². The van der Waals surface area contributed by atoms with E-state index in [0.29, 0.717) is 11.7 Å². The van der Waals surface area contributed by atoms with Crippen LogP contribution >= 0.6 is 12.4 Å². The van der Waals surface area contributed by atoms with Gasteiger partial charge in [0.1, 0.15) is 12.4 Å². The van der Waals surface area contributed by atoms with Crippen molar-refractivity contribution >= 4 is 12.4 Å². The number of nitrogens with two attached hydrogens (primary N) is 1. The number of nitrogens with zero attached hydrogens (tertiary/aromatic N) is 1. The Morgan fingerprint density at radius 2 is 1.72 bits per heavy atom. The fraction of sp³-hybridized carbons (Fsp3) is 0.368. The summed E-state index contributed by atoms with van der Waals surface area (Å²) in [6.07, 6.45) is -2.45. The van der Waals surface area contributed by atoms with Gasteiger partial charge in [0.2, 0.25) is 0 Å². The molecule has 2 aromatic rings. The van der Waals surface area contributed by atoms with Crippen molar-refractivity contribution in [2.45, 2.75) is 24.9 Å². The van der Waals surface area contributed by atoms with Gasteiger partial charge in [-0.15, -0.1) is 12.4 Å². The molecule has 1 saturated heterocycles. The van der Waals surface area contributed by atoms with Crippen LogP contribution in [-0.4, -0.2) is 37.1 Å². The smallest absolute Gasteiger partial charge is 0.272 e. The van der Waals surface area contributed by atoms with Gasteiger partial charge >= 0.3 is 0 Å². The molecular weight excluding hydrogens is 346 g/mol. The molecule has 0 spiro atoms. The molecule has 6 heteroatoms. The second-order valence-electron chi connectivity index (χ2n) is 6.22. The van der Waals surface area contributed by atoms with Crippen LogP contribution in [0, 0.1) is 0 Å². The molecule has 25 heavy (non-hydrogen) atoms. The first-order chi connectivity index (χ1) is 11.6. The van der Waals surface area contributed by atoms with Crippen LogP contribution in [0.4, 0.5) is 8.78 Å². The second-order valence-corrected chi connectivity index (χ2v) is 6.22. The molecule has 3 nitrogen and oxygen atoms in total. The van der Waals surface area contributed by atoms with Crippen molar-refractivity contribution in [2.24, 2.45) is 5.73 Å². The monoisotopic (exact) mass is 368 g/mol. The first-order valence-corrected chi connectivity index (χ1v) is 8.14. The van der Waals surface area contributed by atoms with Crippen molar-refractivity contribution in [2.75, 3.05) is 19.7 Å². The molecule has 2 aromatic carbocycles. The molecule has 0 radical (unpaired) electrons. The zero-order valence-electron chi connectivity index (χ0n) is 13.9. The van der Waals surface area contributed by atoms with Gasteiger partial charge in [0.15, 0.2) is 0 Å². The lowest BCUT2D eigenvalue weighted by Crippen LogP contribution is -2.28. The first kappa shape index (κ1) is 19.6. The van der Waals surface area contributed by atoms with Crippen LogP contribution in [0.1, 0.15) is 17.0 Å². The standard InChI is InChI=1S/C19H22F2N2O.ClH/c20-19(21)13-24-16-8-6-14(7-9-16)10-23-11-17(18(22)12-23)15-4-2-1-3-5-15;/h1-9,17-19H,10-13,22H2;1H/t17-,18+;/m0./s1. The van der Waals surface area contributed by atoms with Crippen molar-refractivity contribution in [3.05, 3.63) is 65.7 Å². The van der Waals surface area contributed by atoms with Gasteiger partial charge in [-0.25, -0.2) is 8.78 Å². The predicted molar refractivity (Wildman–Crippen MR) is 97.6 cm³/mol. The molecule has 136 valence electrons. The molecule has 0 amide bonds. The normalized spacial score (nSPS) is 20.5. The van der Waals surface area contributed by atoms with E-state index in [1.54, 1.807) is 12.1 Å². The molecular formula is C19H23ClF2N2O. The summed E-state index contributed by atoms with van der Waals surface area (Å²) in [6.45, 7) is 2.00. The lowest BCUT2D eigenvalue weighted by atomic mass is 9.95. The average Bonchev–Trinajstić information content (AvgIpc) is 2.95. The molecule has 1 fully saturated rings. The van der Waals surface area contributed by atoms with Crippen LogP contribution < -0.4 is 10.5 Å². The number of hydrogen-bond acceptors (Lipinski definition) is 3. The highest BCUT2D eigenvalue weighted by Crippen LogP contribution is 2.27. The number of ether oxygens (including phenoxy) is 1. The number of halogens is 3. The van der Waals surface area contributed by atoms with Crippen molar-refractivity contribution in [3.8, 4) is 5.75 Å². The topological polar surface area (TPSA) is 38.5 Å². The zero-order valence-corrected chi connectivity index (χ0v) is 14.7. The number of rotatable bonds is 6. The van der Waals surface area contributed by atoms with Gasteiger partial charge in [0, 0.05) is 31.6 Å². The highest BCUT2D eigenvalue weighted by Gasteiger charge is 2.30. The van der Waals surface area contributed by atoms with Crippen LogP contribution in [0.3, 0.4) is 0 Å². The summed E-state index contributed by atoms with van der Waals surface area (Å²) in [4.78, 5) is 2.33. The SMILES string of the molecule is Cl.N[C@@H]1CN(Cc2ccc(OCC(F)F)cc2)C[C@H]1c1ccccc1. The third kappa shape index (κ3) is 5.39. The molecule has 1 heterocycles. The van der Waals surface area contributed by atoms with Gasteiger partial charge in [0.25, 0.3) is 6.43 Å². The predicted octanol–water partition coefficient (Wildman–Crippen LogP) is 3.68. The quantitative estimate of drug-likeness (QED) is 0.845. The fourth-order valence-corrected chi connectivity index (χ4v) is 3.20. The Morgan fingerprint density at radius 3 is 2.36 bits per heavy atom. The lowest BCUT2D eigenvalue weighted by Gasteiger charge is -2.16. The molecule has 0 aromatic heterocycles. The average molecular weight is 369 g/mol. The van der Waals surface area contributed by atoms with E-state index in [1.807, 2.05) is 30.3 Å². The van der Waals surface area contributed by atoms with Crippen molar-refractivity contribution < 1.29 is 13.5 Å². The molecule has 2 atom stereocenters. The summed E-state index contributed by atoms with van der Waals surface area (Å²) in [6, 6.07) is 17.8. The van der Waals surface area contributed by atoms with E-state index >= 15 is 0 Å². The van der Waals surface area contributed by atoms with Gasteiger partial charge < -0.3 is 10.5 Å². The van der Waals surface area contributed by atoms with Crippen LogP contribution in [0.25, 0.3) is 0 Å². The molecule has 0 unspecified atom stereocenters. The van der Waals surface area contributed by atoms with E-state index in [9.17, 15) is 8.78 Å². The largest absolute Gasteiger partial charge is 0.488 e. The van der Waals surface area contributed by atoms with Gasteiger partial charge in [-0.1, -0.05) is 42.5 Å². The second kappa shape index (κ2) is 9.13. The summed E-state index contributed by atoms with van der Waals surface area (Å²) >= 11 is 0. The molecule has 3 rings (SSSR count). The third-order valence-electron chi connectivity index (χ3n) is 4.37. The summed E-state index contributed by atoms with van der Waals surface area (Å²) in [5, 5.41) is 0. The van der Waals surface area contributed by atoms with Gasteiger partial charge in [-0.2, -0.15) is 0 Å². The van der Waals surface area contributed by atoms with Gasteiger partial charge in [0.05, 0.1) is 0 Å². The minimum Gasteiger partial charge on any atom is -0.488 e. The number of likely N-dealkylation sites (tertiary alicyclic amines) is 1. The maximum atomic E-state index is 12.1. The highest BCUT2D eigenvalue weighted by atomic mass is 35.5. The van der Waals surface area contributed by atoms with Crippen molar-refractivity contribution in [3.63, 3.8) is 0 Å². The highest BCUT2D eigenvalue weighted by molar-refractivity contribution is 5.85. The zero-order chi connectivity index (χ0) is 16.9. The van der Waals surface area contributed by atoms with Gasteiger partial charge in [-0.3, -0.25) is 4.90 Å². The number of hydrogen-bond donors (Lipinski definition) is 1. The summed E-state index contributed by atoms with van der Waals surface area (Å²) < 4.78 is 29.3. The molecule has 0 saturated carbocycles. The summed E-state index contributed by atoms with van der Waals surface area (Å²) in [5.41, 5.74) is 8.72. The Kier molecular flexibility index (Phi) is 7.17. The minimum atomic E-state index is -2.45. The van der Waals surface area contributed by atoms with E-state index in [-0.39, 0.29) is 18.4 Å². The maximum absolute atomic E-state index is 12.1. The Bertz CT molecular complexity index is 640. The Balaban J connectivity index is 0.00000225. The molecule has 0 bridgehead atoms. The first-order valence-electron chi connectivity index (χ1n) is 8.14. The Hall–Kier alpha value is -1.69. The van der Waals surface area contributed by atoms with E-state index in [4.69, 9.17) is 10.5 Å². The molecule has 1 aliphatic heterocycles. The number of alkyl halides is 2. The third-order valence-corrected chi connectivity index (χ3v) is 4.37. The van der Waals surface area contributed by atoms with E-state index in [0.717, 1.165) is 25.2 Å². The maximum Gasteiger partial charge on any atom is 0.272 e. The Morgan fingerprint density at radius 1 is 1.04 bits per heavy atom. The summed E-state index contributed by atoms with van der Waals surface area (Å²) in [5.74, 6) is 0.819. The Labute approximate surface area is 153 Å². The van der Waals surface area contributed by atoms with Crippen LogP contribution in [0.5, 0.6) is 5.75 Å². The lowest BCUT2D eigenvalue weighted by molar-refractivity contribution is 0.0819. The van der Waals surface area contributed by atoms with E-state index in [1.165, 1.54) is 5.56 Å². The molecule has 2 N–H and O–H groups in total. The van der Waals surface area contributed by atoms with E-state index < -0.39 is 13.0 Å². The fourth-order valence-electron chi connectivity index (χ4n) is 3.20. The molecule has 1 aliphatic rings.